The number of nitrogens with zero attached hydrogens (tertiary/aromatic N) is 1. The Balaban J connectivity index is 2.43. The standard InChI is InChI=1S/C19H23NO10/c1-12(21)26-11-19(27-9-15-7-5-4-6-8-15)18(30-14(3)23)17(20(24)25)16(10-28-19)29-13(2)22/h4-8,16-18H,9-11H2,1-3H3. The van der Waals surface area contributed by atoms with Gasteiger partial charge in [0, 0.05) is 25.7 Å². The summed E-state index contributed by atoms with van der Waals surface area (Å²) in [6, 6.07) is 7.10. The van der Waals surface area contributed by atoms with Crippen molar-refractivity contribution < 1.29 is 43.0 Å². The molecule has 1 heterocycles. The lowest BCUT2D eigenvalue weighted by atomic mass is 9.94. The first-order valence-corrected chi connectivity index (χ1v) is 9.08. The third-order valence-electron chi connectivity index (χ3n) is 4.27. The van der Waals surface area contributed by atoms with Gasteiger partial charge < -0.3 is 23.7 Å². The average molecular weight is 425 g/mol. The summed E-state index contributed by atoms with van der Waals surface area (Å²) < 4.78 is 26.7. The van der Waals surface area contributed by atoms with Crippen LogP contribution >= 0.6 is 0 Å². The van der Waals surface area contributed by atoms with Gasteiger partial charge in [-0.2, -0.15) is 0 Å². The van der Waals surface area contributed by atoms with Crippen LogP contribution in [0.25, 0.3) is 0 Å². The minimum absolute atomic E-state index is 0.0808. The maximum absolute atomic E-state index is 11.8. The Morgan fingerprint density at radius 2 is 1.73 bits per heavy atom. The fraction of sp³-hybridized carbons (Fsp3) is 0.526. The summed E-state index contributed by atoms with van der Waals surface area (Å²) in [5.41, 5.74) is 0.699. The van der Waals surface area contributed by atoms with E-state index in [1.165, 1.54) is 0 Å². The smallest absolute Gasteiger partial charge is 0.303 e. The van der Waals surface area contributed by atoms with Gasteiger partial charge in [0.2, 0.25) is 11.9 Å². The zero-order valence-electron chi connectivity index (χ0n) is 16.8. The van der Waals surface area contributed by atoms with Crippen LogP contribution in [0.5, 0.6) is 0 Å². The largest absolute Gasteiger partial charge is 0.460 e. The molecule has 1 aromatic carbocycles. The second kappa shape index (κ2) is 10.1. The molecule has 11 heteroatoms. The summed E-state index contributed by atoms with van der Waals surface area (Å²) in [7, 11) is 0. The molecule has 0 N–H and O–H groups in total. The van der Waals surface area contributed by atoms with E-state index in [9.17, 15) is 24.5 Å². The predicted octanol–water partition coefficient (Wildman–Crippen LogP) is 1.00. The van der Waals surface area contributed by atoms with Crippen LogP contribution in [0.2, 0.25) is 0 Å². The molecular weight excluding hydrogens is 402 g/mol. The van der Waals surface area contributed by atoms with E-state index in [0.717, 1.165) is 20.8 Å². The molecule has 0 amide bonds. The van der Waals surface area contributed by atoms with Gasteiger partial charge in [0.1, 0.15) is 6.61 Å². The zero-order valence-corrected chi connectivity index (χ0v) is 16.8. The Morgan fingerprint density at radius 1 is 1.10 bits per heavy atom. The molecule has 30 heavy (non-hydrogen) atoms. The van der Waals surface area contributed by atoms with Crippen LogP contribution in [0.15, 0.2) is 30.3 Å². The minimum atomic E-state index is -1.98. The molecule has 1 aliphatic rings. The van der Waals surface area contributed by atoms with Gasteiger partial charge in [0.15, 0.2) is 6.10 Å². The molecule has 0 spiro atoms. The number of nitro groups is 1. The first kappa shape index (κ1) is 23.2. The number of rotatable bonds is 8. The highest BCUT2D eigenvalue weighted by molar-refractivity contribution is 5.67. The molecule has 2 rings (SSSR count). The van der Waals surface area contributed by atoms with E-state index in [-0.39, 0.29) is 6.61 Å². The Kier molecular flexibility index (Phi) is 7.84. The fourth-order valence-corrected chi connectivity index (χ4v) is 3.03. The summed E-state index contributed by atoms with van der Waals surface area (Å²) in [6.45, 7) is 2.19. The third-order valence-corrected chi connectivity index (χ3v) is 4.27. The molecule has 1 saturated heterocycles. The molecule has 1 aliphatic heterocycles. The van der Waals surface area contributed by atoms with Crippen LogP contribution in [0.3, 0.4) is 0 Å². The van der Waals surface area contributed by atoms with Crippen molar-refractivity contribution in [2.45, 2.75) is 51.4 Å². The first-order valence-electron chi connectivity index (χ1n) is 9.08. The van der Waals surface area contributed by atoms with E-state index in [1.807, 2.05) is 0 Å². The van der Waals surface area contributed by atoms with Crippen molar-refractivity contribution in [2.24, 2.45) is 0 Å². The highest BCUT2D eigenvalue weighted by atomic mass is 16.8. The molecule has 4 atom stereocenters. The molecule has 0 saturated carbocycles. The van der Waals surface area contributed by atoms with Gasteiger partial charge >= 0.3 is 17.9 Å². The average Bonchev–Trinajstić information content (AvgIpc) is 2.66. The topological polar surface area (TPSA) is 141 Å². The van der Waals surface area contributed by atoms with Gasteiger partial charge in [-0.25, -0.2) is 0 Å². The molecule has 1 fully saturated rings. The third kappa shape index (κ3) is 5.97. The summed E-state index contributed by atoms with van der Waals surface area (Å²) >= 11 is 0. The number of ether oxygens (including phenoxy) is 5. The van der Waals surface area contributed by atoms with Crippen LogP contribution in [-0.2, 0) is 44.7 Å². The molecule has 4 unspecified atom stereocenters. The summed E-state index contributed by atoms with van der Waals surface area (Å²) in [5.74, 6) is -4.30. The second-order valence-electron chi connectivity index (χ2n) is 6.63. The number of esters is 3. The Hall–Kier alpha value is -3.05. The Morgan fingerprint density at radius 3 is 2.27 bits per heavy atom. The minimum Gasteiger partial charge on any atom is -0.460 e. The van der Waals surface area contributed by atoms with Gasteiger partial charge in [-0.15, -0.1) is 0 Å². The van der Waals surface area contributed by atoms with Crippen molar-refractivity contribution in [2.75, 3.05) is 13.2 Å². The maximum atomic E-state index is 11.8. The summed E-state index contributed by atoms with van der Waals surface area (Å²) in [4.78, 5) is 45.6. The van der Waals surface area contributed by atoms with Crippen molar-refractivity contribution in [3.8, 4) is 0 Å². The molecule has 1 aromatic rings. The molecule has 0 aromatic heterocycles. The van der Waals surface area contributed by atoms with Crippen molar-refractivity contribution in [1.82, 2.24) is 0 Å². The molecule has 11 nitrogen and oxygen atoms in total. The normalized spacial score (nSPS) is 25.8. The van der Waals surface area contributed by atoms with Crippen LogP contribution in [-0.4, -0.2) is 60.1 Å². The number of carbonyl (C=O) groups is 3. The zero-order chi connectivity index (χ0) is 22.3. The number of hydrogen-bond acceptors (Lipinski definition) is 10. The van der Waals surface area contributed by atoms with Gasteiger partial charge in [0.05, 0.1) is 13.2 Å². The Bertz CT molecular complexity index is 783. The summed E-state index contributed by atoms with van der Waals surface area (Å²) in [6.07, 6.45) is -3.00. The fourth-order valence-electron chi connectivity index (χ4n) is 3.03. The van der Waals surface area contributed by atoms with Gasteiger partial charge in [0.25, 0.3) is 6.04 Å². The number of hydrogen-bond donors (Lipinski definition) is 0. The SMILES string of the molecule is CC(=O)OCC1(OCc2ccccc2)OCC(OC(C)=O)C([N+](=O)[O-])C1OC(C)=O. The van der Waals surface area contributed by atoms with Crippen LogP contribution in [0, 0.1) is 10.1 Å². The lowest BCUT2D eigenvalue weighted by Gasteiger charge is -2.44. The van der Waals surface area contributed by atoms with Gasteiger partial charge in [-0.3, -0.25) is 24.5 Å². The highest BCUT2D eigenvalue weighted by Crippen LogP contribution is 2.34. The first-order chi connectivity index (χ1) is 14.1. The van der Waals surface area contributed by atoms with Crippen molar-refractivity contribution >= 4 is 17.9 Å². The van der Waals surface area contributed by atoms with E-state index in [2.05, 4.69) is 0 Å². The predicted molar refractivity (Wildman–Crippen MR) is 98.4 cm³/mol. The number of benzene rings is 1. The van der Waals surface area contributed by atoms with Crippen molar-refractivity contribution in [3.05, 3.63) is 46.0 Å². The summed E-state index contributed by atoms with van der Waals surface area (Å²) in [5, 5.41) is 11.8. The molecule has 0 radical (unpaired) electrons. The molecular formula is C19H23NO10. The lowest BCUT2D eigenvalue weighted by molar-refractivity contribution is -0.568. The second-order valence-corrected chi connectivity index (χ2v) is 6.63. The van der Waals surface area contributed by atoms with Crippen molar-refractivity contribution in [3.63, 3.8) is 0 Å². The number of carbonyl (C=O) groups excluding carboxylic acids is 3. The van der Waals surface area contributed by atoms with Gasteiger partial charge in [-0.1, -0.05) is 30.3 Å². The van der Waals surface area contributed by atoms with Crippen LogP contribution in [0.4, 0.5) is 0 Å². The maximum Gasteiger partial charge on any atom is 0.303 e. The van der Waals surface area contributed by atoms with Crippen LogP contribution in [0.1, 0.15) is 26.3 Å². The van der Waals surface area contributed by atoms with Crippen LogP contribution < -0.4 is 0 Å². The van der Waals surface area contributed by atoms with Gasteiger partial charge in [-0.05, 0) is 5.56 Å². The van der Waals surface area contributed by atoms with E-state index in [0.29, 0.717) is 5.56 Å². The van der Waals surface area contributed by atoms with E-state index in [4.69, 9.17) is 23.7 Å². The Labute approximate surface area is 172 Å². The highest BCUT2D eigenvalue weighted by Gasteiger charge is 2.62. The molecule has 164 valence electrons. The molecule has 0 aliphatic carbocycles. The van der Waals surface area contributed by atoms with E-state index >= 15 is 0 Å². The van der Waals surface area contributed by atoms with Crippen molar-refractivity contribution in [1.29, 1.82) is 0 Å². The quantitative estimate of drug-likeness (QED) is 0.256. The molecule has 0 bridgehead atoms. The lowest BCUT2D eigenvalue weighted by Crippen LogP contribution is -2.67. The van der Waals surface area contributed by atoms with E-state index < -0.39 is 60.1 Å². The monoisotopic (exact) mass is 425 g/mol. The van der Waals surface area contributed by atoms with E-state index in [1.54, 1.807) is 30.3 Å².